The summed E-state index contributed by atoms with van der Waals surface area (Å²) in [6.07, 6.45) is 0.629. The Kier molecular flexibility index (Phi) is 4.27. The van der Waals surface area contributed by atoms with E-state index in [2.05, 4.69) is 4.74 Å². The third kappa shape index (κ3) is 2.65. The van der Waals surface area contributed by atoms with Crippen molar-refractivity contribution in [2.75, 3.05) is 11.4 Å². The third-order valence-corrected chi connectivity index (χ3v) is 6.44. The molecule has 126 valence electrons. The second-order valence-electron chi connectivity index (χ2n) is 5.62. The molecule has 24 heavy (non-hydrogen) atoms. The number of ether oxygens (including phenoxy) is 1. The van der Waals surface area contributed by atoms with Crippen LogP contribution in [0.3, 0.4) is 0 Å². The number of nitrogens with zero attached hydrogens (tertiary/aromatic N) is 1. The number of anilines is 1. The zero-order valence-corrected chi connectivity index (χ0v) is 14.8. The normalized spacial score (nSPS) is 16.8. The number of benzene rings is 2. The zero-order valence-electron chi connectivity index (χ0n) is 13.2. The summed E-state index contributed by atoms with van der Waals surface area (Å²) in [6, 6.07) is 11.2. The minimum atomic E-state index is -3.90. The van der Waals surface area contributed by atoms with Crippen molar-refractivity contribution in [1.82, 2.24) is 0 Å². The Morgan fingerprint density at radius 2 is 1.96 bits per heavy atom. The Morgan fingerprint density at radius 1 is 1.25 bits per heavy atom. The van der Waals surface area contributed by atoms with Crippen LogP contribution >= 0.6 is 11.6 Å². The van der Waals surface area contributed by atoms with Gasteiger partial charge in [0.05, 0.1) is 23.4 Å². The molecule has 0 aromatic heterocycles. The van der Waals surface area contributed by atoms with Gasteiger partial charge >= 0.3 is 5.97 Å². The molecule has 0 fully saturated rings. The van der Waals surface area contributed by atoms with Crippen LogP contribution in [0.15, 0.2) is 47.4 Å². The number of fused-ring (bicyclic) bond motifs is 1. The Bertz CT molecular complexity index is 911. The zero-order chi connectivity index (χ0) is 17.5. The number of methoxy groups -OCH3 is 1. The number of para-hydroxylation sites is 1. The molecule has 2 aromatic carbocycles. The number of hydrogen-bond acceptors (Lipinski definition) is 4. The molecule has 1 atom stereocenters. The Hall–Kier alpha value is -2.05. The van der Waals surface area contributed by atoms with Crippen LogP contribution in [0.4, 0.5) is 5.69 Å². The van der Waals surface area contributed by atoms with E-state index in [0.29, 0.717) is 12.1 Å². The Labute approximate surface area is 145 Å². The van der Waals surface area contributed by atoms with Gasteiger partial charge in [-0.05, 0) is 43.2 Å². The molecule has 0 radical (unpaired) electrons. The van der Waals surface area contributed by atoms with E-state index in [1.54, 1.807) is 12.1 Å². The first kappa shape index (κ1) is 16.8. The minimum absolute atomic E-state index is 0.0687. The maximum Gasteiger partial charge on any atom is 0.337 e. The molecule has 1 aliphatic heterocycles. The highest BCUT2D eigenvalue weighted by atomic mass is 35.5. The van der Waals surface area contributed by atoms with Gasteiger partial charge in [-0.25, -0.2) is 13.2 Å². The highest BCUT2D eigenvalue weighted by Gasteiger charge is 2.37. The fourth-order valence-electron chi connectivity index (χ4n) is 2.96. The fraction of sp³-hybridized carbons (Fsp3) is 0.235. The van der Waals surface area contributed by atoms with Crippen molar-refractivity contribution >= 4 is 33.3 Å². The van der Waals surface area contributed by atoms with Gasteiger partial charge in [-0.2, -0.15) is 0 Å². The molecule has 1 unspecified atom stereocenters. The summed E-state index contributed by atoms with van der Waals surface area (Å²) >= 11 is 6.12. The first-order valence-electron chi connectivity index (χ1n) is 7.36. The lowest BCUT2D eigenvalue weighted by Crippen LogP contribution is -2.36. The number of hydrogen-bond donors (Lipinski definition) is 0. The van der Waals surface area contributed by atoms with E-state index in [1.165, 1.54) is 29.6 Å². The highest BCUT2D eigenvalue weighted by molar-refractivity contribution is 7.93. The van der Waals surface area contributed by atoms with Gasteiger partial charge in [-0.3, -0.25) is 4.31 Å². The number of rotatable bonds is 3. The molecule has 0 bridgehead atoms. The topological polar surface area (TPSA) is 63.7 Å². The quantitative estimate of drug-likeness (QED) is 0.783. The number of esters is 1. The van der Waals surface area contributed by atoms with Gasteiger partial charge in [0.15, 0.2) is 0 Å². The summed E-state index contributed by atoms with van der Waals surface area (Å²) in [6.45, 7) is 1.84. The van der Waals surface area contributed by atoms with Gasteiger partial charge in [-0.15, -0.1) is 0 Å². The smallest absolute Gasteiger partial charge is 0.337 e. The molecule has 0 spiro atoms. The Morgan fingerprint density at radius 3 is 2.67 bits per heavy atom. The van der Waals surface area contributed by atoms with Crippen LogP contribution in [0, 0.1) is 0 Å². The molecule has 7 heteroatoms. The first-order chi connectivity index (χ1) is 11.4. The molecule has 1 heterocycles. The summed E-state index contributed by atoms with van der Waals surface area (Å²) in [7, 11) is -2.66. The average molecular weight is 366 g/mol. The molecule has 0 saturated carbocycles. The fourth-order valence-corrected chi connectivity index (χ4v) is 5.15. The van der Waals surface area contributed by atoms with Crippen molar-refractivity contribution in [3.05, 3.63) is 58.6 Å². The van der Waals surface area contributed by atoms with Crippen LogP contribution in [0.25, 0.3) is 0 Å². The summed E-state index contributed by atoms with van der Waals surface area (Å²) in [5, 5.41) is 0.0687. The summed E-state index contributed by atoms with van der Waals surface area (Å²) in [5.74, 6) is -0.613. The summed E-state index contributed by atoms with van der Waals surface area (Å²) < 4.78 is 32.4. The monoisotopic (exact) mass is 365 g/mol. The first-order valence-corrected chi connectivity index (χ1v) is 9.18. The maximum absolute atomic E-state index is 13.2. The van der Waals surface area contributed by atoms with Gasteiger partial charge in [0.1, 0.15) is 4.90 Å². The molecule has 0 amide bonds. The molecular weight excluding hydrogens is 350 g/mol. The van der Waals surface area contributed by atoms with Crippen molar-refractivity contribution in [3.8, 4) is 0 Å². The second kappa shape index (κ2) is 6.11. The molecule has 1 aliphatic rings. The van der Waals surface area contributed by atoms with Crippen molar-refractivity contribution < 1.29 is 17.9 Å². The van der Waals surface area contributed by atoms with Gasteiger partial charge < -0.3 is 4.74 Å². The van der Waals surface area contributed by atoms with E-state index in [9.17, 15) is 13.2 Å². The lowest BCUT2D eigenvalue weighted by molar-refractivity contribution is 0.0600. The van der Waals surface area contributed by atoms with Crippen LogP contribution in [-0.2, 0) is 21.2 Å². The van der Waals surface area contributed by atoms with E-state index in [4.69, 9.17) is 11.6 Å². The molecule has 2 aromatic rings. The predicted octanol–water partition coefficient (Wildman–Crippen LogP) is 3.27. The van der Waals surface area contributed by atoms with Gasteiger partial charge in [0.2, 0.25) is 0 Å². The van der Waals surface area contributed by atoms with Crippen molar-refractivity contribution in [1.29, 1.82) is 0 Å². The minimum Gasteiger partial charge on any atom is -0.465 e. The summed E-state index contributed by atoms with van der Waals surface area (Å²) in [5.41, 5.74) is 1.75. The van der Waals surface area contributed by atoms with Crippen LogP contribution in [0.2, 0.25) is 5.02 Å². The van der Waals surface area contributed by atoms with E-state index in [0.717, 1.165) is 5.56 Å². The second-order valence-corrected chi connectivity index (χ2v) is 7.81. The van der Waals surface area contributed by atoms with E-state index in [1.807, 2.05) is 19.1 Å². The number of sulfonamides is 1. The largest absolute Gasteiger partial charge is 0.465 e. The molecule has 0 N–H and O–H groups in total. The lowest BCUT2D eigenvalue weighted by Gasteiger charge is -2.25. The van der Waals surface area contributed by atoms with Gasteiger partial charge in [-0.1, -0.05) is 29.8 Å². The molecule has 0 aliphatic carbocycles. The number of carbonyl (C=O) groups excluding carboxylic acids is 1. The number of halogens is 1. The van der Waals surface area contributed by atoms with E-state index in [-0.39, 0.29) is 21.5 Å². The van der Waals surface area contributed by atoms with Crippen molar-refractivity contribution in [2.24, 2.45) is 0 Å². The van der Waals surface area contributed by atoms with E-state index >= 15 is 0 Å². The molecular formula is C17H16ClNO4S. The van der Waals surface area contributed by atoms with Gasteiger partial charge in [0.25, 0.3) is 10.0 Å². The molecule has 5 nitrogen and oxygen atoms in total. The van der Waals surface area contributed by atoms with Crippen molar-refractivity contribution in [3.63, 3.8) is 0 Å². The SMILES string of the molecule is COC(=O)c1ccc(Cl)c(S(=O)(=O)N2c3ccccc3CC2C)c1. The molecule has 3 rings (SSSR count). The standard InChI is InChI=1S/C17H16ClNO4S/c1-11-9-12-5-3-4-6-15(12)19(11)24(21,22)16-10-13(17(20)23-2)7-8-14(16)18/h3-8,10-11H,9H2,1-2H3. The third-order valence-electron chi connectivity index (χ3n) is 4.03. The van der Waals surface area contributed by atoms with Crippen LogP contribution < -0.4 is 4.31 Å². The maximum atomic E-state index is 13.2. The van der Waals surface area contributed by atoms with E-state index < -0.39 is 16.0 Å². The van der Waals surface area contributed by atoms with Crippen LogP contribution in [0.5, 0.6) is 0 Å². The summed E-state index contributed by atoms with van der Waals surface area (Å²) in [4.78, 5) is 11.6. The van der Waals surface area contributed by atoms with Crippen LogP contribution in [-0.4, -0.2) is 27.5 Å². The highest BCUT2D eigenvalue weighted by Crippen LogP contribution is 2.38. The lowest BCUT2D eigenvalue weighted by atomic mass is 10.1. The average Bonchev–Trinajstić information content (AvgIpc) is 2.90. The Balaban J connectivity index is 2.14. The van der Waals surface area contributed by atoms with Gasteiger partial charge in [0, 0.05) is 6.04 Å². The van der Waals surface area contributed by atoms with Crippen molar-refractivity contribution in [2.45, 2.75) is 24.3 Å². The predicted molar refractivity (Wildman–Crippen MR) is 92.1 cm³/mol. The van der Waals surface area contributed by atoms with Crippen LogP contribution in [0.1, 0.15) is 22.8 Å². The number of carbonyl (C=O) groups is 1. The molecule has 0 saturated heterocycles.